The molecule has 5 heteroatoms. The second kappa shape index (κ2) is 4.61. The standard InChI is InChI=1S/C8H13N3O2/c1-10(2)5-6-13-8(12)11-4-3-9-7-11/h3-4,7H,5-6H2,1-2H3/p+1. The van der Waals surface area contributed by atoms with Gasteiger partial charge >= 0.3 is 6.09 Å². The van der Waals surface area contributed by atoms with E-state index in [-0.39, 0.29) is 6.09 Å². The number of ether oxygens (including phenoxy) is 1. The van der Waals surface area contributed by atoms with Crippen molar-refractivity contribution in [1.82, 2.24) is 9.55 Å². The summed E-state index contributed by atoms with van der Waals surface area (Å²) in [6.07, 6.45) is 4.15. The van der Waals surface area contributed by atoms with Crippen molar-refractivity contribution >= 4 is 6.09 Å². The molecule has 0 fully saturated rings. The Kier molecular flexibility index (Phi) is 3.45. The van der Waals surface area contributed by atoms with Gasteiger partial charge in [-0.15, -0.1) is 0 Å². The summed E-state index contributed by atoms with van der Waals surface area (Å²) in [5, 5.41) is 0. The van der Waals surface area contributed by atoms with Gasteiger partial charge in [0.25, 0.3) is 0 Å². The fourth-order valence-corrected chi connectivity index (χ4v) is 0.784. The third-order valence-electron chi connectivity index (χ3n) is 1.54. The van der Waals surface area contributed by atoms with E-state index < -0.39 is 0 Å². The first-order valence-electron chi connectivity index (χ1n) is 4.14. The van der Waals surface area contributed by atoms with Gasteiger partial charge in [0.15, 0.2) is 0 Å². The highest BCUT2D eigenvalue weighted by Gasteiger charge is 2.04. The molecule has 72 valence electrons. The molecule has 1 aromatic rings. The van der Waals surface area contributed by atoms with Crippen LogP contribution in [0.1, 0.15) is 0 Å². The molecule has 0 saturated carbocycles. The number of aromatic nitrogens is 2. The van der Waals surface area contributed by atoms with E-state index in [1.165, 1.54) is 15.8 Å². The van der Waals surface area contributed by atoms with Gasteiger partial charge in [0.05, 0.1) is 14.1 Å². The highest BCUT2D eigenvalue weighted by Crippen LogP contribution is 1.88. The number of nitrogens with zero attached hydrogens (tertiary/aromatic N) is 2. The zero-order valence-corrected chi connectivity index (χ0v) is 7.86. The first kappa shape index (κ1) is 9.73. The fraction of sp³-hybridized carbons (Fsp3) is 0.500. The molecule has 1 heterocycles. The summed E-state index contributed by atoms with van der Waals surface area (Å²) >= 11 is 0. The van der Waals surface area contributed by atoms with Crippen molar-refractivity contribution in [2.75, 3.05) is 27.2 Å². The minimum Gasteiger partial charge on any atom is -0.443 e. The molecule has 13 heavy (non-hydrogen) atoms. The van der Waals surface area contributed by atoms with E-state index in [1.54, 1.807) is 12.4 Å². The zero-order chi connectivity index (χ0) is 9.68. The summed E-state index contributed by atoms with van der Waals surface area (Å²) in [6, 6.07) is 0. The molecule has 0 unspecified atom stereocenters. The Morgan fingerprint density at radius 2 is 2.38 bits per heavy atom. The van der Waals surface area contributed by atoms with E-state index in [1.807, 2.05) is 14.1 Å². The van der Waals surface area contributed by atoms with Crippen LogP contribution in [0.25, 0.3) is 0 Å². The maximum Gasteiger partial charge on any atom is 0.419 e. The molecular formula is C8H14N3O2+. The van der Waals surface area contributed by atoms with Gasteiger partial charge in [0.2, 0.25) is 0 Å². The normalized spacial score (nSPS) is 10.4. The van der Waals surface area contributed by atoms with Crippen molar-refractivity contribution < 1.29 is 14.4 Å². The molecular weight excluding hydrogens is 170 g/mol. The molecule has 1 rings (SSSR count). The number of rotatable bonds is 3. The minimum absolute atomic E-state index is 0.376. The molecule has 0 spiro atoms. The lowest BCUT2D eigenvalue weighted by Crippen LogP contribution is -3.06. The maximum absolute atomic E-state index is 11.2. The monoisotopic (exact) mass is 184 g/mol. The maximum atomic E-state index is 11.2. The number of hydrogen-bond donors (Lipinski definition) is 1. The number of likely N-dealkylation sites (N-methyl/N-ethyl adjacent to an activating group) is 1. The third kappa shape index (κ3) is 3.25. The molecule has 0 saturated heterocycles. The Balaban J connectivity index is 2.27. The second-order valence-electron chi connectivity index (χ2n) is 3.04. The summed E-state index contributed by atoms with van der Waals surface area (Å²) in [6.45, 7) is 1.24. The highest BCUT2D eigenvalue weighted by molar-refractivity contribution is 5.69. The fourth-order valence-electron chi connectivity index (χ4n) is 0.784. The van der Waals surface area contributed by atoms with Crippen LogP contribution in [0.3, 0.4) is 0 Å². The van der Waals surface area contributed by atoms with Crippen molar-refractivity contribution in [1.29, 1.82) is 0 Å². The van der Waals surface area contributed by atoms with Gasteiger partial charge in [-0.2, -0.15) is 0 Å². The molecule has 0 aromatic carbocycles. The van der Waals surface area contributed by atoms with Gasteiger partial charge < -0.3 is 9.64 Å². The molecule has 0 atom stereocenters. The van der Waals surface area contributed by atoms with Gasteiger partial charge in [-0.05, 0) is 0 Å². The van der Waals surface area contributed by atoms with E-state index in [4.69, 9.17) is 4.74 Å². The largest absolute Gasteiger partial charge is 0.443 e. The molecule has 0 bridgehead atoms. The Labute approximate surface area is 76.9 Å². The first-order valence-corrected chi connectivity index (χ1v) is 4.14. The molecule has 0 radical (unpaired) electrons. The van der Waals surface area contributed by atoms with Gasteiger partial charge in [-0.25, -0.2) is 14.3 Å². The highest BCUT2D eigenvalue weighted by atomic mass is 16.5. The Bertz CT molecular complexity index is 256. The number of nitrogens with one attached hydrogen (secondary N) is 1. The number of carbonyl (C=O) groups is 1. The average molecular weight is 184 g/mol. The topological polar surface area (TPSA) is 48.6 Å². The van der Waals surface area contributed by atoms with Crippen LogP contribution in [0, 0.1) is 0 Å². The van der Waals surface area contributed by atoms with Crippen molar-refractivity contribution in [3.8, 4) is 0 Å². The van der Waals surface area contributed by atoms with E-state index in [0.29, 0.717) is 6.61 Å². The van der Waals surface area contributed by atoms with Crippen LogP contribution < -0.4 is 4.90 Å². The van der Waals surface area contributed by atoms with Crippen molar-refractivity contribution in [2.24, 2.45) is 0 Å². The van der Waals surface area contributed by atoms with Crippen molar-refractivity contribution in [3.63, 3.8) is 0 Å². The van der Waals surface area contributed by atoms with Gasteiger partial charge in [-0.1, -0.05) is 0 Å². The zero-order valence-electron chi connectivity index (χ0n) is 7.86. The summed E-state index contributed by atoms with van der Waals surface area (Å²) in [5.41, 5.74) is 0. The summed E-state index contributed by atoms with van der Waals surface area (Å²) in [7, 11) is 4.01. The number of imidazole rings is 1. The SMILES string of the molecule is C[NH+](C)CCOC(=O)n1ccnc1. The molecule has 0 amide bonds. The lowest BCUT2D eigenvalue weighted by Gasteiger charge is -2.07. The summed E-state index contributed by atoms with van der Waals surface area (Å²) < 4.78 is 6.27. The van der Waals surface area contributed by atoms with Crippen molar-refractivity contribution in [2.45, 2.75) is 0 Å². The molecule has 5 nitrogen and oxygen atoms in total. The molecule has 0 aliphatic rings. The molecule has 1 N–H and O–H groups in total. The van der Waals surface area contributed by atoms with Crippen LogP contribution in [-0.4, -0.2) is 42.9 Å². The third-order valence-corrected chi connectivity index (χ3v) is 1.54. The number of carbonyl (C=O) groups excluding carboxylic acids is 1. The van der Waals surface area contributed by atoms with E-state index in [9.17, 15) is 4.79 Å². The average Bonchev–Trinajstić information content (AvgIpc) is 2.55. The number of quaternary nitrogens is 1. The van der Waals surface area contributed by atoms with E-state index >= 15 is 0 Å². The quantitative estimate of drug-likeness (QED) is 0.656. The Morgan fingerprint density at radius 1 is 1.62 bits per heavy atom. The first-order chi connectivity index (χ1) is 6.20. The Hall–Kier alpha value is -1.36. The van der Waals surface area contributed by atoms with Gasteiger partial charge in [0, 0.05) is 12.4 Å². The summed E-state index contributed by atoms with van der Waals surface area (Å²) in [5.74, 6) is 0. The van der Waals surface area contributed by atoms with Crippen LogP contribution in [0.4, 0.5) is 4.79 Å². The molecule has 0 aliphatic heterocycles. The van der Waals surface area contributed by atoms with Gasteiger partial charge in [0.1, 0.15) is 19.5 Å². The second-order valence-corrected chi connectivity index (χ2v) is 3.04. The lowest BCUT2D eigenvalue weighted by molar-refractivity contribution is -0.858. The Morgan fingerprint density at radius 3 is 2.92 bits per heavy atom. The minimum atomic E-state index is -0.376. The van der Waals surface area contributed by atoms with E-state index in [0.717, 1.165) is 6.54 Å². The van der Waals surface area contributed by atoms with Gasteiger partial charge in [-0.3, -0.25) is 0 Å². The van der Waals surface area contributed by atoms with Crippen LogP contribution in [0.15, 0.2) is 18.7 Å². The lowest BCUT2D eigenvalue weighted by atomic mass is 10.6. The molecule has 1 aromatic heterocycles. The smallest absolute Gasteiger partial charge is 0.419 e. The summed E-state index contributed by atoms with van der Waals surface area (Å²) in [4.78, 5) is 16.2. The molecule has 0 aliphatic carbocycles. The van der Waals surface area contributed by atoms with E-state index in [2.05, 4.69) is 4.98 Å². The van der Waals surface area contributed by atoms with Crippen LogP contribution in [0.2, 0.25) is 0 Å². The predicted molar refractivity (Wildman–Crippen MR) is 46.7 cm³/mol. The van der Waals surface area contributed by atoms with Crippen LogP contribution in [0.5, 0.6) is 0 Å². The van der Waals surface area contributed by atoms with Crippen LogP contribution in [-0.2, 0) is 4.74 Å². The predicted octanol–water partition coefficient (Wildman–Crippen LogP) is -0.988. The van der Waals surface area contributed by atoms with Crippen molar-refractivity contribution in [3.05, 3.63) is 18.7 Å². The van der Waals surface area contributed by atoms with Crippen LogP contribution >= 0.6 is 0 Å². The number of hydrogen-bond acceptors (Lipinski definition) is 3.